The molecule has 0 aromatic heterocycles. The molecule has 1 atom stereocenters. The number of ketones is 1. The summed E-state index contributed by atoms with van der Waals surface area (Å²) < 4.78 is 32.5. The Morgan fingerprint density at radius 2 is 2.14 bits per heavy atom. The minimum Gasteiger partial charge on any atom is -0.535 e. The lowest BCUT2D eigenvalue weighted by atomic mass is 9.64. The lowest BCUT2D eigenvalue weighted by molar-refractivity contribution is -0.119. The van der Waals surface area contributed by atoms with Crippen molar-refractivity contribution >= 4 is 18.9 Å². The van der Waals surface area contributed by atoms with E-state index in [1.807, 2.05) is 6.92 Å². The van der Waals surface area contributed by atoms with E-state index >= 15 is 0 Å². The minimum atomic E-state index is -1.48. The lowest BCUT2D eigenvalue weighted by Gasteiger charge is -2.28. The summed E-state index contributed by atoms with van der Waals surface area (Å²) in [6, 6.07) is 0.520. The number of carbonyl (C=O) groups excluding carboxylic acids is 1. The topological polar surface area (TPSA) is 83.8 Å². The van der Waals surface area contributed by atoms with Crippen LogP contribution in [0.4, 0.5) is 8.78 Å². The van der Waals surface area contributed by atoms with Gasteiger partial charge in [-0.2, -0.15) is 0 Å². The average Bonchev–Trinajstić information content (AvgIpc) is 2.44. The molecule has 8 heteroatoms. The van der Waals surface area contributed by atoms with Crippen LogP contribution in [0.15, 0.2) is 6.07 Å². The summed E-state index contributed by atoms with van der Waals surface area (Å²) >= 11 is 0. The second-order valence-electron chi connectivity index (χ2n) is 5.30. The first-order valence-electron chi connectivity index (χ1n) is 6.95. The molecule has 2 N–H and O–H groups in total. The number of carboxylic acids is 1. The largest absolute Gasteiger partial charge is 0.535 e. The summed E-state index contributed by atoms with van der Waals surface area (Å²) in [4.78, 5) is 22.7. The van der Waals surface area contributed by atoms with Crippen molar-refractivity contribution in [3.8, 4) is 5.75 Å². The van der Waals surface area contributed by atoms with E-state index < -0.39 is 36.1 Å². The normalized spacial score (nSPS) is 16.9. The molecule has 0 aliphatic carbocycles. The van der Waals surface area contributed by atoms with E-state index in [1.54, 1.807) is 0 Å². The van der Waals surface area contributed by atoms with Gasteiger partial charge in [-0.25, -0.2) is 13.6 Å². The number of benzene rings is 1. The molecule has 1 aromatic carbocycles. The number of fused-ring (bicyclic) bond motifs is 1. The Bertz CT molecular complexity index is 620. The quantitative estimate of drug-likeness (QED) is 0.814. The smallest absolute Gasteiger partial charge is 0.526 e. The fourth-order valence-corrected chi connectivity index (χ4v) is 2.56. The van der Waals surface area contributed by atoms with E-state index in [4.69, 9.17) is 9.76 Å². The van der Waals surface area contributed by atoms with Crippen molar-refractivity contribution in [2.45, 2.75) is 38.4 Å². The van der Waals surface area contributed by atoms with Gasteiger partial charge in [0.25, 0.3) is 0 Å². The Morgan fingerprint density at radius 1 is 1.45 bits per heavy atom. The summed E-state index contributed by atoms with van der Waals surface area (Å²) in [6.07, 6.45) is 0.774. The van der Waals surface area contributed by atoms with E-state index in [0.717, 1.165) is 0 Å². The highest BCUT2D eigenvalue weighted by Crippen LogP contribution is 2.39. The number of rotatable bonds is 5. The van der Waals surface area contributed by atoms with E-state index in [-0.39, 0.29) is 29.9 Å². The number of carboxylic acid groups (broad SMARTS) is 1. The van der Waals surface area contributed by atoms with Gasteiger partial charge in [0.1, 0.15) is 17.1 Å². The number of aromatic carboxylic acids is 1. The summed E-state index contributed by atoms with van der Waals surface area (Å²) in [5.74, 6) is -5.21. The molecule has 0 unspecified atom stereocenters. The third-order valence-corrected chi connectivity index (χ3v) is 3.62. The van der Waals surface area contributed by atoms with Crippen molar-refractivity contribution in [1.82, 2.24) is 0 Å². The first-order valence-corrected chi connectivity index (χ1v) is 6.95. The zero-order valence-electron chi connectivity index (χ0n) is 11.9. The van der Waals surface area contributed by atoms with E-state index in [9.17, 15) is 23.4 Å². The SMILES string of the molecule is CCCC(=O)C[C@H]1Cc2c(F)c(F)cc(C(=O)O)c2OB1O. The highest BCUT2D eigenvalue weighted by Gasteiger charge is 2.39. The maximum Gasteiger partial charge on any atom is 0.526 e. The molecule has 22 heavy (non-hydrogen) atoms. The monoisotopic (exact) mass is 312 g/mol. The fraction of sp³-hybridized carbons (Fsp3) is 0.429. The van der Waals surface area contributed by atoms with E-state index in [0.29, 0.717) is 18.9 Å². The Morgan fingerprint density at radius 3 is 2.73 bits per heavy atom. The zero-order valence-corrected chi connectivity index (χ0v) is 11.9. The Balaban J connectivity index is 2.36. The predicted octanol–water partition coefficient (Wildman–Crippen LogP) is 2.21. The van der Waals surface area contributed by atoms with E-state index in [1.165, 1.54) is 0 Å². The number of hydrogen-bond donors (Lipinski definition) is 2. The summed E-state index contributed by atoms with van der Waals surface area (Å²) in [5, 5.41) is 18.9. The van der Waals surface area contributed by atoms with Gasteiger partial charge in [-0.15, -0.1) is 0 Å². The van der Waals surface area contributed by atoms with Crippen molar-refractivity contribution in [2.75, 3.05) is 0 Å². The first-order chi connectivity index (χ1) is 10.3. The van der Waals surface area contributed by atoms with Crippen molar-refractivity contribution in [2.24, 2.45) is 0 Å². The zero-order chi connectivity index (χ0) is 16.4. The molecule has 0 spiro atoms. The molecule has 1 heterocycles. The van der Waals surface area contributed by atoms with Crippen LogP contribution in [-0.2, 0) is 11.2 Å². The number of carbonyl (C=O) groups is 2. The molecule has 118 valence electrons. The van der Waals surface area contributed by atoms with Crippen LogP contribution in [0.5, 0.6) is 5.75 Å². The van der Waals surface area contributed by atoms with Gasteiger partial charge in [0, 0.05) is 24.2 Å². The Kier molecular flexibility index (Phi) is 4.80. The maximum absolute atomic E-state index is 13.9. The van der Waals surface area contributed by atoms with Gasteiger partial charge in [0.15, 0.2) is 11.6 Å². The molecule has 1 aromatic rings. The number of hydrogen-bond acceptors (Lipinski definition) is 4. The molecular formula is C14H15BF2O5. The van der Waals surface area contributed by atoms with Crippen molar-refractivity contribution in [1.29, 1.82) is 0 Å². The van der Waals surface area contributed by atoms with Crippen molar-refractivity contribution in [3.63, 3.8) is 0 Å². The van der Waals surface area contributed by atoms with Crippen LogP contribution in [-0.4, -0.2) is 29.0 Å². The van der Waals surface area contributed by atoms with Gasteiger partial charge < -0.3 is 14.8 Å². The molecule has 0 bridgehead atoms. The Labute approximate surface area is 126 Å². The summed E-state index contributed by atoms with van der Waals surface area (Å²) in [5.41, 5.74) is -0.803. The minimum absolute atomic E-state index is 0.0349. The molecule has 0 fully saturated rings. The lowest BCUT2D eigenvalue weighted by Crippen LogP contribution is -2.36. The van der Waals surface area contributed by atoms with Crippen molar-refractivity contribution < 1.29 is 33.2 Å². The van der Waals surface area contributed by atoms with Crippen LogP contribution in [0.2, 0.25) is 5.82 Å². The van der Waals surface area contributed by atoms with E-state index in [2.05, 4.69) is 0 Å². The molecule has 0 radical (unpaired) electrons. The molecule has 0 amide bonds. The molecule has 1 aliphatic rings. The number of halogens is 2. The second-order valence-corrected chi connectivity index (χ2v) is 5.30. The fourth-order valence-electron chi connectivity index (χ4n) is 2.56. The average molecular weight is 312 g/mol. The molecular weight excluding hydrogens is 297 g/mol. The van der Waals surface area contributed by atoms with Gasteiger partial charge in [-0.3, -0.25) is 4.79 Å². The molecule has 0 saturated carbocycles. The van der Waals surface area contributed by atoms with Crippen LogP contribution >= 0.6 is 0 Å². The van der Waals surface area contributed by atoms with Gasteiger partial charge in [-0.1, -0.05) is 6.92 Å². The van der Waals surface area contributed by atoms with Crippen LogP contribution in [0.3, 0.4) is 0 Å². The summed E-state index contributed by atoms with van der Waals surface area (Å²) in [7, 11) is -1.43. The van der Waals surface area contributed by atoms with Crippen LogP contribution in [0.25, 0.3) is 0 Å². The standard InChI is InChI=1S/C14H15BF2O5/c1-2-3-8(18)4-7-5-9-12(17)11(16)6-10(14(19)20)13(9)22-15(7)21/h6-7,21H,2-5H2,1H3,(H,19,20)/t7-/m0/s1. The second kappa shape index (κ2) is 6.43. The maximum atomic E-state index is 13.9. The molecule has 2 rings (SSSR count). The molecule has 0 saturated heterocycles. The van der Waals surface area contributed by atoms with Crippen LogP contribution in [0.1, 0.15) is 42.1 Å². The van der Waals surface area contributed by atoms with Gasteiger partial charge >= 0.3 is 13.1 Å². The number of Topliss-reactive ketones (excluding diaryl/α,β-unsaturated/α-hetero) is 1. The predicted molar refractivity (Wildman–Crippen MR) is 73.9 cm³/mol. The van der Waals surface area contributed by atoms with Gasteiger partial charge in [0.05, 0.1) is 0 Å². The summed E-state index contributed by atoms with van der Waals surface area (Å²) in [6.45, 7) is 1.83. The molecule has 1 aliphatic heterocycles. The third-order valence-electron chi connectivity index (χ3n) is 3.62. The van der Waals surface area contributed by atoms with Crippen LogP contribution < -0.4 is 4.65 Å². The first kappa shape index (κ1) is 16.4. The van der Waals surface area contributed by atoms with Crippen LogP contribution in [0, 0.1) is 11.6 Å². The van der Waals surface area contributed by atoms with Gasteiger partial charge in [0.2, 0.25) is 0 Å². The molecule has 5 nitrogen and oxygen atoms in total. The van der Waals surface area contributed by atoms with Crippen molar-refractivity contribution in [3.05, 3.63) is 28.8 Å². The highest BCUT2D eigenvalue weighted by atomic mass is 19.2. The van der Waals surface area contributed by atoms with Gasteiger partial charge in [-0.05, 0) is 18.9 Å². The highest BCUT2D eigenvalue weighted by molar-refractivity contribution is 6.47. The third kappa shape index (κ3) is 3.11. The Hall–Kier alpha value is -1.96.